The van der Waals surface area contributed by atoms with Crippen molar-refractivity contribution in [1.82, 2.24) is 0 Å². The van der Waals surface area contributed by atoms with E-state index in [0.29, 0.717) is 18.0 Å². The van der Waals surface area contributed by atoms with E-state index >= 15 is 0 Å². The van der Waals surface area contributed by atoms with E-state index in [9.17, 15) is 10.1 Å². The second-order valence-electron chi connectivity index (χ2n) is 3.85. The van der Waals surface area contributed by atoms with Crippen LogP contribution in [0.2, 0.25) is 0 Å². The van der Waals surface area contributed by atoms with Crippen LogP contribution in [0.25, 0.3) is 0 Å². The topological polar surface area (TPSA) is 64.4 Å². The van der Waals surface area contributed by atoms with Gasteiger partial charge in [-0.05, 0) is 13.3 Å². The molecule has 1 rings (SSSR count). The van der Waals surface area contributed by atoms with Crippen LogP contribution in [0.1, 0.15) is 20.3 Å². The predicted molar refractivity (Wildman–Crippen MR) is 70.8 cm³/mol. The van der Waals surface area contributed by atoms with E-state index in [-0.39, 0.29) is 11.7 Å². The second-order valence-corrected chi connectivity index (χ2v) is 3.85. The molecule has 1 unspecified atom stereocenters. The van der Waals surface area contributed by atoms with Crippen LogP contribution in [0, 0.1) is 22.5 Å². The average molecular weight is 248 g/mol. The summed E-state index contributed by atoms with van der Waals surface area (Å²) in [5.74, 6) is 2.97. The molecule has 0 saturated carbocycles. The van der Waals surface area contributed by atoms with E-state index < -0.39 is 4.92 Å². The maximum absolute atomic E-state index is 10.8. The number of benzene rings is 1. The van der Waals surface area contributed by atoms with Crippen LogP contribution in [0.3, 0.4) is 0 Å². The maximum Gasteiger partial charge on any atom is 0.275 e. The number of nitrogens with one attached hydrogen (secondary N) is 1. The summed E-state index contributed by atoms with van der Waals surface area (Å²) in [6.45, 7) is 4.29. The SMILES string of the molecule is C#CC(C)Nc1cc(OCCC)cc([N+](=O)[O-])c1. The van der Waals surface area contributed by atoms with Gasteiger partial charge in [0.15, 0.2) is 0 Å². The fourth-order valence-corrected chi connectivity index (χ4v) is 1.37. The van der Waals surface area contributed by atoms with Crippen LogP contribution < -0.4 is 10.1 Å². The minimum Gasteiger partial charge on any atom is -0.493 e. The number of hydrogen-bond donors (Lipinski definition) is 1. The maximum atomic E-state index is 10.8. The minimum atomic E-state index is -0.454. The molecule has 0 saturated heterocycles. The van der Waals surface area contributed by atoms with Gasteiger partial charge in [-0.2, -0.15) is 0 Å². The lowest BCUT2D eigenvalue weighted by Crippen LogP contribution is -2.12. The fraction of sp³-hybridized carbons (Fsp3) is 0.385. The Balaban J connectivity index is 2.98. The Hall–Kier alpha value is -2.22. The number of non-ortho nitro benzene ring substituents is 1. The molecule has 96 valence electrons. The van der Waals surface area contributed by atoms with Crippen molar-refractivity contribution >= 4 is 11.4 Å². The second kappa shape index (κ2) is 6.50. The standard InChI is InChI=1S/C13H16N2O3/c1-4-6-18-13-8-11(14-10(3)5-2)7-12(9-13)15(16)17/h2,7-10,14H,4,6H2,1,3H3. The molecule has 1 atom stereocenters. The lowest BCUT2D eigenvalue weighted by molar-refractivity contribution is -0.384. The first-order valence-corrected chi connectivity index (χ1v) is 5.71. The smallest absolute Gasteiger partial charge is 0.275 e. The van der Waals surface area contributed by atoms with Crippen molar-refractivity contribution in [3.8, 4) is 18.1 Å². The van der Waals surface area contributed by atoms with E-state index in [1.165, 1.54) is 12.1 Å². The van der Waals surface area contributed by atoms with E-state index in [4.69, 9.17) is 11.2 Å². The Kier molecular flexibility index (Phi) is 5.00. The number of nitro benzene ring substituents is 1. The summed E-state index contributed by atoms with van der Waals surface area (Å²) in [6, 6.07) is 4.34. The molecule has 0 aliphatic heterocycles. The van der Waals surface area contributed by atoms with Crippen LogP contribution >= 0.6 is 0 Å². The number of nitro groups is 1. The average Bonchev–Trinajstić information content (AvgIpc) is 2.35. The van der Waals surface area contributed by atoms with Gasteiger partial charge in [-0.1, -0.05) is 12.8 Å². The van der Waals surface area contributed by atoms with Crippen LogP contribution in [-0.2, 0) is 0 Å². The normalized spacial score (nSPS) is 11.4. The van der Waals surface area contributed by atoms with Crippen molar-refractivity contribution in [3.05, 3.63) is 28.3 Å². The molecule has 1 N–H and O–H groups in total. The first-order chi connectivity index (χ1) is 8.56. The highest BCUT2D eigenvalue weighted by Gasteiger charge is 2.11. The molecule has 1 aromatic carbocycles. The summed E-state index contributed by atoms with van der Waals surface area (Å²) >= 11 is 0. The molecule has 0 radical (unpaired) electrons. The van der Waals surface area contributed by atoms with Gasteiger partial charge in [0.2, 0.25) is 0 Å². The Morgan fingerprint density at radius 2 is 2.28 bits per heavy atom. The summed E-state index contributed by atoms with van der Waals surface area (Å²) < 4.78 is 5.41. The molecule has 5 heteroatoms. The van der Waals surface area contributed by atoms with Crippen LogP contribution in [0.5, 0.6) is 5.75 Å². The lowest BCUT2D eigenvalue weighted by atomic mass is 10.2. The van der Waals surface area contributed by atoms with Gasteiger partial charge in [0.25, 0.3) is 5.69 Å². The highest BCUT2D eigenvalue weighted by atomic mass is 16.6. The van der Waals surface area contributed by atoms with E-state index in [2.05, 4.69) is 11.2 Å². The van der Waals surface area contributed by atoms with Crippen molar-refractivity contribution in [2.24, 2.45) is 0 Å². The van der Waals surface area contributed by atoms with Crippen molar-refractivity contribution < 1.29 is 9.66 Å². The Bertz CT molecular complexity index is 466. The van der Waals surface area contributed by atoms with E-state index in [1.807, 2.05) is 6.92 Å². The number of rotatable bonds is 6. The van der Waals surface area contributed by atoms with Crippen LogP contribution in [0.4, 0.5) is 11.4 Å². The van der Waals surface area contributed by atoms with Gasteiger partial charge < -0.3 is 10.1 Å². The molecule has 0 spiro atoms. The molecule has 0 bridgehead atoms. The highest BCUT2D eigenvalue weighted by Crippen LogP contribution is 2.26. The zero-order valence-corrected chi connectivity index (χ0v) is 10.5. The van der Waals surface area contributed by atoms with Crippen molar-refractivity contribution in [1.29, 1.82) is 0 Å². The quantitative estimate of drug-likeness (QED) is 0.477. The molecule has 18 heavy (non-hydrogen) atoms. The summed E-state index contributed by atoms with van der Waals surface area (Å²) in [5.41, 5.74) is 0.566. The fourth-order valence-electron chi connectivity index (χ4n) is 1.37. The van der Waals surface area contributed by atoms with Gasteiger partial charge in [-0.25, -0.2) is 0 Å². The van der Waals surface area contributed by atoms with Gasteiger partial charge in [-0.3, -0.25) is 10.1 Å². The Morgan fingerprint density at radius 3 is 2.83 bits per heavy atom. The lowest BCUT2D eigenvalue weighted by Gasteiger charge is -2.11. The summed E-state index contributed by atoms with van der Waals surface area (Å²) in [6.07, 6.45) is 6.10. The molecule has 0 heterocycles. The third-order valence-electron chi connectivity index (χ3n) is 2.21. The van der Waals surface area contributed by atoms with Crippen molar-refractivity contribution in [3.63, 3.8) is 0 Å². The van der Waals surface area contributed by atoms with Gasteiger partial charge in [0.05, 0.1) is 23.6 Å². The third-order valence-corrected chi connectivity index (χ3v) is 2.21. The van der Waals surface area contributed by atoms with E-state index in [0.717, 1.165) is 6.42 Å². The molecular formula is C13H16N2O3. The number of terminal acetylenes is 1. The molecular weight excluding hydrogens is 232 g/mol. The summed E-state index contributed by atoms with van der Waals surface area (Å²) in [7, 11) is 0. The molecule has 0 fully saturated rings. The van der Waals surface area contributed by atoms with Crippen LogP contribution in [0.15, 0.2) is 18.2 Å². The number of nitrogens with zero attached hydrogens (tertiary/aromatic N) is 1. The monoisotopic (exact) mass is 248 g/mol. The van der Waals surface area contributed by atoms with Gasteiger partial charge in [0, 0.05) is 17.8 Å². The Morgan fingerprint density at radius 1 is 1.56 bits per heavy atom. The molecule has 5 nitrogen and oxygen atoms in total. The largest absolute Gasteiger partial charge is 0.493 e. The molecule has 0 amide bonds. The third kappa shape index (κ3) is 3.98. The summed E-state index contributed by atoms with van der Waals surface area (Å²) in [5, 5.41) is 13.8. The zero-order chi connectivity index (χ0) is 13.5. The van der Waals surface area contributed by atoms with Crippen molar-refractivity contribution in [2.45, 2.75) is 26.3 Å². The Labute approximate surface area is 106 Å². The van der Waals surface area contributed by atoms with Crippen LogP contribution in [-0.4, -0.2) is 17.6 Å². The molecule has 0 aliphatic rings. The number of ether oxygens (including phenoxy) is 1. The van der Waals surface area contributed by atoms with Gasteiger partial charge >= 0.3 is 0 Å². The van der Waals surface area contributed by atoms with E-state index in [1.54, 1.807) is 13.0 Å². The minimum absolute atomic E-state index is 0.0182. The van der Waals surface area contributed by atoms with Crippen molar-refractivity contribution in [2.75, 3.05) is 11.9 Å². The molecule has 0 aromatic heterocycles. The van der Waals surface area contributed by atoms with Gasteiger partial charge in [0.1, 0.15) is 5.75 Å². The highest BCUT2D eigenvalue weighted by molar-refractivity contribution is 5.57. The molecule has 1 aromatic rings. The first-order valence-electron chi connectivity index (χ1n) is 5.71. The summed E-state index contributed by atoms with van der Waals surface area (Å²) in [4.78, 5) is 10.4. The predicted octanol–water partition coefficient (Wildman–Crippen LogP) is 2.82. The zero-order valence-electron chi connectivity index (χ0n) is 10.5. The number of hydrogen-bond acceptors (Lipinski definition) is 4. The van der Waals surface area contributed by atoms with Gasteiger partial charge in [-0.15, -0.1) is 6.42 Å². The number of anilines is 1. The molecule has 0 aliphatic carbocycles. The first kappa shape index (κ1) is 13.8.